The van der Waals surface area contributed by atoms with E-state index in [9.17, 15) is 5.11 Å². The summed E-state index contributed by atoms with van der Waals surface area (Å²) in [5, 5.41) is 20.1. The van der Waals surface area contributed by atoms with Gasteiger partial charge in [-0.25, -0.2) is 9.97 Å². The predicted molar refractivity (Wildman–Crippen MR) is 93.5 cm³/mol. The Balaban J connectivity index is 1.90. The Bertz CT molecular complexity index is 803. The van der Waals surface area contributed by atoms with E-state index in [2.05, 4.69) is 25.5 Å². The molecule has 1 atom stereocenters. The second kappa shape index (κ2) is 7.10. The molecule has 0 aliphatic rings. The molecular formula is C17H20N6O. The number of benzene rings is 1. The third-order valence-electron chi connectivity index (χ3n) is 3.79. The molecule has 5 N–H and O–H groups in total. The fourth-order valence-corrected chi connectivity index (χ4v) is 2.27. The standard InChI is InChI=1S/C17H20N6O/c1-2-13(18)10-20-16-5-6-19-17(23-16)14-7-11(3-4-15(14)24)12-8-21-22-9-12/h3-9,13,24H,2,10,18H2,1H3,(H,21,22)(H,19,20,23)/t13-/m1/s1. The molecule has 0 aliphatic heterocycles. The van der Waals surface area contributed by atoms with Crippen molar-refractivity contribution >= 4 is 5.82 Å². The van der Waals surface area contributed by atoms with Gasteiger partial charge in [-0.1, -0.05) is 13.0 Å². The molecule has 0 spiro atoms. The van der Waals surface area contributed by atoms with Crippen LogP contribution in [0.4, 0.5) is 5.82 Å². The van der Waals surface area contributed by atoms with E-state index in [0.29, 0.717) is 23.8 Å². The van der Waals surface area contributed by atoms with Gasteiger partial charge in [-0.05, 0) is 30.2 Å². The van der Waals surface area contributed by atoms with Gasteiger partial charge in [0.1, 0.15) is 11.6 Å². The lowest BCUT2D eigenvalue weighted by atomic mass is 10.0. The Labute approximate surface area is 140 Å². The minimum absolute atomic E-state index is 0.0706. The van der Waals surface area contributed by atoms with E-state index in [1.165, 1.54) is 0 Å². The molecule has 0 fully saturated rings. The number of nitrogens with zero attached hydrogens (tertiary/aromatic N) is 3. The van der Waals surface area contributed by atoms with Crippen molar-refractivity contribution in [2.45, 2.75) is 19.4 Å². The summed E-state index contributed by atoms with van der Waals surface area (Å²) >= 11 is 0. The number of aromatic amines is 1. The third kappa shape index (κ3) is 3.52. The maximum absolute atomic E-state index is 10.2. The van der Waals surface area contributed by atoms with Crippen LogP contribution in [0.15, 0.2) is 42.9 Å². The maximum Gasteiger partial charge on any atom is 0.165 e. The van der Waals surface area contributed by atoms with Crippen LogP contribution in [0.5, 0.6) is 5.75 Å². The van der Waals surface area contributed by atoms with Crippen LogP contribution in [0, 0.1) is 0 Å². The molecule has 0 saturated heterocycles. The number of nitrogens with one attached hydrogen (secondary N) is 2. The van der Waals surface area contributed by atoms with Gasteiger partial charge < -0.3 is 16.2 Å². The summed E-state index contributed by atoms with van der Waals surface area (Å²) in [5.74, 6) is 1.26. The molecule has 7 heteroatoms. The lowest BCUT2D eigenvalue weighted by molar-refractivity contribution is 0.477. The Morgan fingerprint density at radius 1 is 1.29 bits per heavy atom. The van der Waals surface area contributed by atoms with Crippen LogP contribution in [0.2, 0.25) is 0 Å². The normalized spacial score (nSPS) is 12.1. The van der Waals surface area contributed by atoms with Crippen LogP contribution < -0.4 is 11.1 Å². The van der Waals surface area contributed by atoms with Crippen molar-refractivity contribution in [3.05, 3.63) is 42.9 Å². The van der Waals surface area contributed by atoms with Crippen molar-refractivity contribution in [2.24, 2.45) is 5.73 Å². The minimum Gasteiger partial charge on any atom is -0.507 e. The maximum atomic E-state index is 10.2. The Kier molecular flexibility index (Phi) is 4.72. The molecule has 24 heavy (non-hydrogen) atoms. The fourth-order valence-electron chi connectivity index (χ4n) is 2.27. The minimum atomic E-state index is 0.0706. The molecule has 0 aliphatic carbocycles. The van der Waals surface area contributed by atoms with Gasteiger partial charge in [0, 0.05) is 30.5 Å². The van der Waals surface area contributed by atoms with E-state index < -0.39 is 0 Å². The largest absolute Gasteiger partial charge is 0.507 e. The van der Waals surface area contributed by atoms with Crippen LogP contribution >= 0.6 is 0 Å². The number of hydrogen-bond donors (Lipinski definition) is 4. The van der Waals surface area contributed by atoms with Crippen molar-refractivity contribution < 1.29 is 5.11 Å². The van der Waals surface area contributed by atoms with Crippen LogP contribution in [-0.4, -0.2) is 37.9 Å². The summed E-state index contributed by atoms with van der Waals surface area (Å²) in [6.07, 6.45) is 6.06. The van der Waals surface area contributed by atoms with E-state index in [-0.39, 0.29) is 11.8 Å². The first-order valence-electron chi connectivity index (χ1n) is 7.82. The Morgan fingerprint density at radius 3 is 2.92 bits per heavy atom. The number of anilines is 1. The van der Waals surface area contributed by atoms with Gasteiger partial charge in [0.15, 0.2) is 5.82 Å². The van der Waals surface area contributed by atoms with E-state index >= 15 is 0 Å². The lowest BCUT2D eigenvalue weighted by Gasteiger charge is -2.12. The van der Waals surface area contributed by atoms with Gasteiger partial charge in [-0.3, -0.25) is 5.10 Å². The second-order valence-corrected chi connectivity index (χ2v) is 5.53. The zero-order valence-electron chi connectivity index (χ0n) is 13.4. The smallest absolute Gasteiger partial charge is 0.165 e. The lowest BCUT2D eigenvalue weighted by Crippen LogP contribution is -2.28. The molecule has 3 rings (SSSR count). The first kappa shape index (κ1) is 15.9. The number of aromatic nitrogens is 4. The van der Waals surface area contributed by atoms with Gasteiger partial charge in [0.2, 0.25) is 0 Å². The number of nitrogens with two attached hydrogens (primary N) is 1. The number of H-pyrrole nitrogens is 1. The van der Waals surface area contributed by atoms with Crippen LogP contribution in [0.25, 0.3) is 22.5 Å². The Hall–Kier alpha value is -2.93. The Morgan fingerprint density at radius 2 is 2.17 bits per heavy atom. The molecule has 7 nitrogen and oxygen atoms in total. The van der Waals surface area contributed by atoms with Gasteiger partial charge >= 0.3 is 0 Å². The van der Waals surface area contributed by atoms with Crippen LogP contribution in [-0.2, 0) is 0 Å². The summed E-state index contributed by atoms with van der Waals surface area (Å²) in [6.45, 7) is 2.67. The molecule has 124 valence electrons. The van der Waals surface area contributed by atoms with Gasteiger partial charge in [-0.2, -0.15) is 5.10 Å². The molecule has 0 saturated carbocycles. The monoisotopic (exact) mass is 324 g/mol. The van der Waals surface area contributed by atoms with E-state index in [4.69, 9.17) is 5.73 Å². The topological polar surface area (TPSA) is 113 Å². The number of rotatable bonds is 6. The van der Waals surface area contributed by atoms with Crippen molar-refractivity contribution in [1.82, 2.24) is 20.2 Å². The average molecular weight is 324 g/mol. The molecular weight excluding hydrogens is 304 g/mol. The van der Waals surface area contributed by atoms with Crippen molar-refractivity contribution in [3.63, 3.8) is 0 Å². The zero-order valence-corrected chi connectivity index (χ0v) is 13.4. The summed E-state index contributed by atoms with van der Waals surface area (Å²) in [6, 6.07) is 7.15. The highest BCUT2D eigenvalue weighted by molar-refractivity contribution is 5.74. The van der Waals surface area contributed by atoms with E-state index in [1.54, 1.807) is 30.7 Å². The zero-order chi connectivity index (χ0) is 16.9. The highest BCUT2D eigenvalue weighted by Gasteiger charge is 2.11. The molecule has 2 aromatic heterocycles. The van der Waals surface area contributed by atoms with Gasteiger partial charge in [0.05, 0.1) is 11.8 Å². The fraction of sp³-hybridized carbons (Fsp3) is 0.235. The SMILES string of the molecule is CC[C@@H](N)CNc1ccnc(-c2cc(-c3cn[nH]c3)ccc2O)n1. The van der Waals surface area contributed by atoms with E-state index in [1.807, 2.05) is 19.1 Å². The molecule has 0 unspecified atom stereocenters. The number of hydrogen-bond acceptors (Lipinski definition) is 6. The summed E-state index contributed by atoms with van der Waals surface area (Å²) in [7, 11) is 0. The van der Waals surface area contributed by atoms with Gasteiger partial charge in [0.25, 0.3) is 0 Å². The molecule has 2 heterocycles. The van der Waals surface area contributed by atoms with Crippen LogP contribution in [0.3, 0.4) is 0 Å². The molecule has 0 radical (unpaired) electrons. The number of phenols is 1. The quantitative estimate of drug-likeness (QED) is 0.554. The van der Waals surface area contributed by atoms with Crippen molar-refractivity contribution in [2.75, 3.05) is 11.9 Å². The summed E-state index contributed by atoms with van der Waals surface area (Å²) < 4.78 is 0. The van der Waals surface area contributed by atoms with Crippen LogP contribution in [0.1, 0.15) is 13.3 Å². The average Bonchev–Trinajstić information content (AvgIpc) is 3.15. The molecule has 0 bridgehead atoms. The molecule has 3 aromatic rings. The number of aromatic hydroxyl groups is 1. The first-order valence-corrected chi connectivity index (χ1v) is 7.82. The van der Waals surface area contributed by atoms with E-state index in [0.717, 1.165) is 17.5 Å². The van der Waals surface area contributed by atoms with Crippen molar-refractivity contribution in [3.8, 4) is 28.3 Å². The highest BCUT2D eigenvalue weighted by atomic mass is 16.3. The number of phenolic OH excluding ortho intramolecular Hbond substituents is 1. The summed E-state index contributed by atoms with van der Waals surface area (Å²) in [4.78, 5) is 8.75. The molecule has 1 aromatic carbocycles. The third-order valence-corrected chi connectivity index (χ3v) is 3.79. The first-order chi connectivity index (χ1) is 11.7. The summed E-state index contributed by atoms with van der Waals surface area (Å²) in [5.41, 5.74) is 8.33. The van der Waals surface area contributed by atoms with Gasteiger partial charge in [-0.15, -0.1) is 0 Å². The second-order valence-electron chi connectivity index (χ2n) is 5.53. The molecule has 0 amide bonds. The van der Waals surface area contributed by atoms with Crippen molar-refractivity contribution in [1.29, 1.82) is 0 Å². The predicted octanol–water partition coefficient (Wildman–Crippen LogP) is 2.39. The highest BCUT2D eigenvalue weighted by Crippen LogP contribution is 2.31.